The molecule has 1 atom stereocenters. The maximum Gasteiger partial charge on any atom is 0.255 e. The van der Waals surface area contributed by atoms with Gasteiger partial charge in [0.2, 0.25) is 11.8 Å². The smallest absolute Gasteiger partial charge is 0.255 e. The molecule has 1 fully saturated rings. The molecule has 144 valence electrons. The molecule has 1 amide bonds. The standard InChI is InChI=1S/C21H21N3O4/c1-2-27-8-6-14-11-23-20(26)18-9-13-5-7-22-21(17(13)10-16(14)18)28-12-15-3-4-19(25)24-15/h5-11,15H,2-4,12H2,1H3,(H,23,26)(H,24,25). The first-order valence-corrected chi connectivity index (χ1v) is 9.30. The number of hydrogen-bond donors (Lipinski definition) is 2. The van der Waals surface area contributed by atoms with Gasteiger partial charge < -0.3 is 19.8 Å². The second-order valence-electron chi connectivity index (χ2n) is 6.68. The molecular formula is C21H21N3O4. The Morgan fingerprint density at radius 2 is 2.14 bits per heavy atom. The van der Waals surface area contributed by atoms with Crippen molar-refractivity contribution < 1.29 is 14.3 Å². The topological polar surface area (TPSA) is 93.3 Å². The number of benzene rings is 1. The summed E-state index contributed by atoms with van der Waals surface area (Å²) in [5.74, 6) is 0.538. The molecule has 3 aromatic rings. The fourth-order valence-electron chi connectivity index (χ4n) is 3.37. The van der Waals surface area contributed by atoms with Crippen LogP contribution < -0.4 is 15.6 Å². The fourth-order valence-corrected chi connectivity index (χ4v) is 3.37. The Balaban J connectivity index is 1.75. The van der Waals surface area contributed by atoms with Crippen LogP contribution in [0.5, 0.6) is 5.88 Å². The molecular weight excluding hydrogens is 358 g/mol. The van der Waals surface area contributed by atoms with Crippen LogP contribution in [-0.2, 0) is 9.53 Å². The average molecular weight is 379 g/mol. The lowest BCUT2D eigenvalue weighted by Crippen LogP contribution is -2.31. The van der Waals surface area contributed by atoms with E-state index < -0.39 is 0 Å². The van der Waals surface area contributed by atoms with Gasteiger partial charge in [0.1, 0.15) is 6.61 Å². The van der Waals surface area contributed by atoms with Crippen molar-refractivity contribution in [2.45, 2.75) is 25.8 Å². The molecule has 2 aromatic heterocycles. The van der Waals surface area contributed by atoms with Gasteiger partial charge in [0, 0.05) is 35.2 Å². The van der Waals surface area contributed by atoms with Crippen LogP contribution in [0.4, 0.5) is 0 Å². The van der Waals surface area contributed by atoms with Gasteiger partial charge in [-0.05, 0) is 48.4 Å². The summed E-state index contributed by atoms with van der Waals surface area (Å²) in [5, 5.41) is 5.95. The molecule has 28 heavy (non-hydrogen) atoms. The number of nitrogens with one attached hydrogen (secondary N) is 2. The van der Waals surface area contributed by atoms with Gasteiger partial charge in [0.15, 0.2) is 0 Å². The molecule has 1 aliphatic heterocycles. The zero-order valence-electron chi connectivity index (χ0n) is 15.5. The monoisotopic (exact) mass is 379 g/mol. The zero-order valence-corrected chi connectivity index (χ0v) is 15.5. The van der Waals surface area contributed by atoms with E-state index in [1.165, 1.54) is 0 Å². The summed E-state index contributed by atoms with van der Waals surface area (Å²) in [7, 11) is 0. The number of nitrogens with zero attached hydrogens (tertiary/aromatic N) is 1. The highest BCUT2D eigenvalue weighted by Crippen LogP contribution is 2.29. The highest BCUT2D eigenvalue weighted by Gasteiger charge is 2.21. The first-order valence-electron chi connectivity index (χ1n) is 9.30. The van der Waals surface area contributed by atoms with Crippen molar-refractivity contribution in [3.63, 3.8) is 0 Å². The Morgan fingerprint density at radius 1 is 1.25 bits per heavy atom. The molecule has 1 aliphatic rings. The van der Waals surface area contributed by atoms with Crippen molar-refractivity contribution in [2.24, 2.45) is 0 Å². The van der Waals surface area contributed by atoms with Gasteiger partial charge in [0.25, 0.3) is 5.56 Å². The lowest BCUT2D eigenvalue weighted by atomic mass is 10.0. The second kappa shape index (κ2) is 7.72. The third kappa shape index (κ3) is 3.55. The predicted octanol–water partition coefficient (Wildman–Crippen LogP) is 2.74. The van der Waals surface area contributed by atoms with E-state index in [1.54, 1.807) is 18.7 Å². The number of H-pyrrole nitrogens is 1. The summed E-state index contributed by atoms with van der Waals surface area (Å²) in [6.45, 7) is 2.84. The summed E-state index contributed by atoms with van der Waals surface area (Å²) in [5.41, 5.74) is 0.682. The SMILES string of the molecule is CCOC=Cc1c[nH]c(=O)c2cc3ccnc(OCC4CCC(=O)N4)c3cc12. The second-order valence-corrected chi connectivity index (χ2v) is 6.68. The quantitative estimate of drug-likeness (QED) is 0.507. The van der Waals surface area contributed by atoms with Crippen molar-refractivity contribution >= 4 is 33.5 Å². The summed E-state index contributed by atoms with van der Waals surface area (Å²) >= 11 is 0. The van der Waals surface area contributed by atoms with Crippen molar-refractivity contribution in [1.29, 1.82) is 0 Å². The summed E-state index contributed by atoms with van der Waals surface area (Å²) in [4.78, 5) is 30.8. The minimum Gasteiger partial charge on any atom is -0.501 e. The van der Waals surface area contributed by atoms with E-state index in [4.69, 9.17) is 9.47 Å². The molecule has 1 unspecified atom stereocenters. The third-order valence-corrected chi connectivity index (χ3v) is 4.80. The summed E-state index contributed by atoms with van der Waals surface area (Å²) < 4.78 is 11.2. The van der Waals surface area contributed by atoms with E-state index in [0.717, 1.165) is 28.1 Å². The number of ether oxygens (including phenoxy) is 2. The molecule has 0 radical (unpaired) electrons. The van der Waals surface area contributed by atoms with Gasteiger partial charge >= 0.3 is 0 Å². The number of rotatable bonds is 6. The minimum absolute atomic E-state index is 0.00227. The van der Waals surface area contributed by atoms with Crippen LogP contribution in [0, 0.1) is 0 Å². The van der Waals surface area contributed by atoms with Gasteiger partial charge in [0.05, 0.1) is 18.9 Å². The van der Waals surface area contributed by atoms with Gasteiger partial charge in [-0.2, -0.15) is 0 Å². The van der Waals surface area contributed by atoms with Crippen LogP contribution in [0.2, 0.25) is 0 Å². The van der Waals surface area contributed by atoms with Crippen molar-refractivity contribution in [1.82, 2.24) is 15.3 Å². The maximum absolute atomic E-state index is 12.3. The Hall–Kier alpha value is -3.35. The summed E-state index contributed by atoms with van der Waals surface area (Å²) in [6.07, 6.45) is 8.04. The lowest BCUT2D eigenvalue weighted by molar-refractivity contribution is -0.119. The van der Waals surface area contributed by atoms with Gasteiger partial charge in [-0.3, -0.25) is 9.59 Å². The number of aromatic nitrogens is 2. The fraction of sp³-hybridized carbons (Fsp3) is 0.286. The molecule has 2 N–H and O–H groups in total. The largest absolute Gasteiger partial charge is 0.501 e. The number of amides is 1. The van der Waals surface area contributed by atoms with E-state index in [-0.39, 0.29) is 17.5 Å². The van der Waals surface area contributed by atoms with Crippen LogP contribution in [0.3, 0.4) is 0 Å². The van der Waals surface area contributed by atoms with E-state index in [2.05, 4.69) is 15.3 Å². The van der Waals surface area contributed by atoms with Crippen LogP contribution in [0.15, 0.2) is 41.6 Å². The molecule has 7 heteroatoms. The Labute approximate surface area is 161 Å². The Bertz CT molecular complexity index is 1120. The van der Waals surface area contributed by atoms with E-state index in [9.17, 15) is 9.59 Å². The first-order chi connectivity index (χ1) is 13.7. The number of pyridine rings is 2. The summed E-state index contributed by atoms with van der Waals surface area (Å²) in [6, 6.07) is 5.60. The van der Waals surface area contributed by atoms with Crippen LogP contribution in [0.25, 0.3) is 27.6 Å². The maximum atomic E-state index is 12.3. The number of fused-ring (bicyclic) bond motifs is 2. The molecule has 0 saturated carbocycles. The van der Waals surface area contributed by atoms with Crippen LogP contribution in [-0.4, -0.2) is 35.1 Å². The molecule has 3 heterocycles. The molecule has 7 nitrogen and oxygen atoms in total. The van der Waals surface area contributed by atoms with Crippen molar-refractivity contribution in [3.8, 4) is 5.88 Å². The van der Waals surface area contributed by atoms with Crippen molar-refractivity contribution in [3.05, 3.63) is 52.8 Å². The van der Waals surface area contributed by atoms with Crippen molar-refractivity contribution in [2.75, 3.05) is 13.2 Å². The number of carbonyl (C=O) groups excluding carboxylic acids is 1. The molecule has 1 saturated heterocycles. The number of carbonyl (C=O) groups is 1. The highest BCUT2D eigenvalue weighted by atomic mass is 16.5. The lowest BCUT2D eigenvalue weighted by Gasteiger charge is -2.13. The van der Waals surface area contributed by atoms with Gasteiger partial charge in [-0.25, -0.2) is 4.98 Å². The molecule has 0 bridgehead atoms. The Kier molecular flexibility index (Phi) is 4.97. The molecule has 0 spiro atoms. The van der Waals surface area contributed by atoms with Gasteiger partial charge in [-0.1, -0.05) is 0 Å². The van der Waals surface area contributed by atoms with E-state index in [0.29, 0.717) is 30.9 Å². The van der Waals surface area contributed by atoms with Gasteiger partial charge in [-0.15, -0.1) is 0 Å². The van der Waals surface area contributed by atoms with E-state index >= 15 is 0 Å². The molecule has 0 aliphatic carbocycles. The van der Waals surface area contributed by atoms with E-state index in [1.807, 2.05) is 31.2 Å². The third-order valence-electron chi connectivity index (χ3n) is 4.80. The number of aromatic amines is 1. The predicted molar refractivity (Wildman–Crippen MR) is 107 cm³/mol. The normalized spacial score (nSPS) is 16.8. The molecule has 1 aromatic carbocycles. The average Bonchev–Trinajstić information content (AvgIpc) is 3.12. The zero-order chi connectivity index (χ0) is 19.5. The van der Waals surface area contributed by atoms with Crippen LogP contribution >= 0.6 is 0 Å². The highest BCUT2D eigenvalue weighted by molar-refractivity contribution is 6.02. The minimum atomic E-state index is -0.154. The molecule has 4 rings (SSSR count). The first kappa shape index (κ1) is 18.0. The van der Waals surface area contributed by atoms with Crippen LogP contribution in [0.1, 0.15) is 25.3 Å². The number of hydrogen-bond acceptors (Lipinski definition) is 5. The Morgan fingerprint density at radius 3 is 2.93 bits per heavy atom.